The van der Waals surface area contributed by atoms with E-state index in [-0.39, 0.29) is 18.6 Å². The van der Waals surface area contributed by atoms with Gasteiger partial charge >= 0.3 is 0 Å². The number of pyridine rings is 2. The first-order valence-electron chi connectivity index (χ1n) is 13.2. The number of piperidine rings is 1. The van der Waals surface area contributed by atoms with Crippen LogP contribution in [0.3, 0.4) is 0 Å². The number of hydrogen-bond donors (Lipinski definition) is 3. The van der Waals surface area contributed by atoms with Crippen molar-refractivity contribution in [2.75, 3.05) is 63.3 Å². The van der Waals surface area contributed by atoms with Crippen molar-refractivity contribution < 1.29 is 13.6 Å². The molecule has 0 spiro atoms. The van der Waals surface area contributed by atoms with E-state index in [9.17, 15) is 13.6 Å². The predicted octanol–water partition coefficient (Wildman–Crippen LogP) is 3.96. The van der Waals surface area contributed by atoms with E-state index in [1.807, 2.05) is 49.1 Å². The molecule has 1 fully saturated rings. The molecule has 0 unspecified atom stereocenters. The van der Waals surface area contributed by atoms with Gasteiger partial charge < -0.3 is 20.9 Å². The molecule has 40 heavy (non-hydrogen) atoms. The van der Waals surface area contributed by atoms with Crippen LogP contribution < -0.4 is 16.0 Å². The van der Waals surface area contributed by atoms with Gasteiger partial charge in [-0.2, -0.15) is 0 Å². The van der Waals surface area contributed by atoms with E-state index in [2.05, 4.69) is 20.2 Å². The van der Waals surface area contributed by atoms with Crippen molar-refractivity contribution in [3.05, 3.63) is 66.1 Å². The van der Waals surface area contributed by atoms with E-state index in [0.717, 1.165) is 35.6 Å². The molecular formula is C29H36F2N8O. The highest BCUT2D eigenvalue weighted by molar-refractivity contribution is 6.48. The highest BCUT2D eigenvalue weighted by Gasteiger charge is 2.33. The lowest BCUT2D eigenvalue weighted by molar-refractivity contribution is -0.110. The number of nitrogens with one attached hydrogen (secondary N) is 2. The average molecular weight is 551 g/mol. The number of likely N-dealkylation sites (tertiary alicyclic amines) is 1. The number of alkyl halides is 2. The molecule has 4 rings (SSSR count). The van der Waals surface area contributed by atoms with Crippen LogP contribution in [-0.4, -0.2) is 84.6 Å². The summed E-state index contributed by atoms with van der Waals surface area (Å²) < 4.78 is 27.0. The second-order valence-electron chi connectivity index (χ2n) is 10.5. The highest BCUT2D eigenvalue weighted by Crippen LogP contribution is 2.29. The first-order chi connectivity index (χ1) is 19.0. The van der Waals surface area contributed by atoms with E-state index >= 15 is 0 Å². The average Bonchev–Trinajstić information content (AvgIpc) is 2.93. The van der Waals surface area contributed by atoms with Crippen molar-refractivity contribution >= 4 is 28.8 Å². The molecule has 0 aliphatic carbocycles. The van der Waals surface area contributed by atoms with Gasteiger partial charge in [0.2, 0.25) is 0 Å². The second kappa shape index (κ2) is 12.5. The Morgan fingerprint density at radius 2 is 1.80 bits per heavy atom. The monoisotopic (exact) mass is 550 g/mol. The number of halogens is 2. The Morgan fingerprint density at radius 3 is 2.48 bits per heavy atom. The van der Waals surface area contributed by atoms with Crippen molar-refractivity contribution in [2.45, 2.75) is 25.3 Å². The van der Waals surface area contributed by atoms with Crippen LogP contribution in [0, 0.1) is 5.41 Å². The number of carbonyl (C=O) groups excluding carboxylic acids is 1. The molecule has 4 N–H and O–H groups in total. The molecule has 1 aliphatic rings. The molecule has 212 valence electrons. The molecule has 0 saturated carbocycles. The summed E-state index contributed by atoms with van der Waals surface area (Å²) in [5, 5.41) is 11.2. The van der Waals surface area contributed by atoms with Gasteiger partial charge in [-0.25, -0.2) is 13.8 Å². The van der Waals surface area contributed by atoms with Crippen molar-refractivity contribution in [1.82, 2.24) is 19.8 Å². The van der Waals surface area contributed by atoms with Gasteiger partial charge in [0, 0.05) is 81.8 Å². The van der Waals surface area contributed by atoms with Gasteiger partial charge in [-0.05, 0) is 55.6 Å². The molecule has 0 radical (unpaired) electrons. The fraction of sp³-hybridized carbons (Fsp3) is 0.379. The van der Waals surface area contributed by atoms with Crippen LogP contribution in [0.2, 0.25) is 0 Å². The molecule has 1 amide bonds. The van der Waals surface area contributed by atoms with Crippen molar-refractivity contribution in [2.24, 2.45) is 0 Å². The third-order valence-corrected chi connectivity index (χ3v) is 6.95. The lowest BCUT2D eigenvalue weighted by Gasteiger charge is -2.31. The third-order valence-electron chi connectivity index (χ3n) is 6.95. The summed E-state index contributed by atoms with van der Waals surface area (Å²) in [7, 11) is 5.97. The van der Waals surface area contributed by atoms with E-state index < -0.39 is 11.8 Å². The quantitative estimate of drug-likeness (QED) is 0.259. The van der Waals surface area contributed by atoms with E-state index in [1.54, 1.807) is 36.8 Å². The van der Waals surface area contributed by atoms with Gasteiger partial charge in [0.25, 0.3) is 11.8 Å². The van der Waals surface area contributed by atoms with Crippen LogP contribution in [0.15, 0.2) is 55.0 Å². The predicted molar refractivity (Wildman–Crippen MR) is 155 cm³/mol. The molecule has 2 aromatic heterocycles. The van der Waals surface area contributed by atoms with Crippen LogP contribution in [0.1, 0.15) is 24.0 Å². The molecule has 0 bridgehead atoms. The maximum atomic E-state index is 13.5. The Morgan fingerprint density at radius 1 is 1.05 bits per heavy atom. The second-order valence-corrected chi connectivity index (χ2v) is 10.5. The Hall–Kier alpha value is -3.96. The normalized spacial score (nSPS) is 15.2. The van der Waals surface area contributed by atoms with Gasteiger partial charge in [-0.3, -0.25) is 20.1 Å². The number of hydrogen-bond acceptors (Lipinski definition) is 8. The minimum atomic E-state index is -2.59. The molecule has 1 aliphatic heterocycles. The first-order valence-corrected chi connectivity index (χ1v) is 13.2. The van der Waals surface area contributed by atoms with Gasteiger partial charge in [-0.15, -0.1) is 0 Å². The SMILES string of the molecule is CN(C)CCN(C)c1ccc(NC(=O)C(=N)c2cc(-c3cncc(CN4CCC(F)(F)CC4)c3)ccc2N)cn1. The number of nitrogens with zero attached hydrogens (tertiary/aromatic N) is 5. The molecule has 9 nitrogen and oxygen atoms in total. The van der Waals surface area contributed by atoms with Crippen molar-refractivity contribution in [3.8, 4) is 11.1 Å². The summed E-state index contributed by atoms with van der Waals surface area (Å²) in [6.07, 6.45) is 4.70. The molecule has 3 heterocycles. The largest absolute Gasteiger partial charge is 0.398 e. The maximum Gasteiger partial charge on any atom is 0.274 e. The van der Waals surface area contributed by atoms with Crippen molar-refractivity contribution in [1.29, 1.82) is 5.41 Å². The lowest BCUT2D eigenvalue weighted by atomic mass is 9.99. The van der Waals surface area contributed by atoms with Gasteiger partial charge in [0.1, 0.15) is 11.5 Å². The summed E-state index contributed by atoms with van der Waals surface area (Å²) >= 11 is 0. The summed E-state index contributed by atoms with van der Waals surface area (Å²) in [6, 6.07) is 10.7. The molecule has 3 aromatic rings. The number of nitrogens with two attached hydrogens (primary N) is 1. The molecule has 1 saturated heterocycles. The summed E-state index contributed by atoms with van der Waals surface area (Å²) in [5.74, 6) is -2.41. The standard InChI is InChI=1S/C29H36F2N8O/c1-37(2)12-13-38(3)26-7-5-23(18-35-26)36-28(40)27(33)24-15-21(4-6-25(24)32)22-14-20(16-34-17-22)19-39-10-8-29(30,31)9-11-39/h4-7,14-18,33H,8-13,19,32H2,1-3H3,(H,36,40). The van der Waals surface area contributed by atoms with E-state index in [0.29, 0.717) is 36.6 Å². The zero-order chi connectivity index (χ0) is 28.9. The summed E-state index contributed by atoms with van der Waals surface area (Å²) in [4.78, 5) is 27.8. The minimum absolute atomic E-state index is 0.139. The first kappa shape index (κ1) is 29.0. The van der Waals surface area contributed by atoms with Gasteiger partial charge in [-0.1, -0.05) is 6.07 Å². The maximum absolute atomic E-state index is 13.5. The van der Waals surface area contributed by atoms with Crippen molar-refractivity contribution in [3.63, 3.8) is 0 Å². The topological polar surface area (TPSA) is 114 Å². The smallest absolute Gasteiger partial charge is 0.274 e. The minimum Gasteiger partial charge on any atom is -0.398 e. The highest BCUT2D eigenvalue weighted by atomic mass is 19.3. The number of anilines is 3. The Balaban J connectivity index is 1.43. The van der Waals surface area contributed by atoms with Crippen LogP contribution >= 0.6 is 0 Å². The number of amides is 1. The lowest BCUT2D eigenvalue weighted by Crippen LogP contribution is -2.38. The number of aromatic nitrogens is 2. The molecule has 1 aromatic carbocycles. The number of likely N-dealkylation sites (N-methyl/N-ethyl adjacent to an activating group) is 2. The number of nitrogen functional groups attached to an aromatic ring is 1. The van der Waals surface area contributed by atoms with E-state index in [1.165, 1.54) is 0 Å². The Labute approximate surface area is 233 Å². The van der Waals surface area contributed by atoms with E-state index in [4.69, 9.17) is 11.1 Å². The number of benzene rings is 1. The molecule has 11 heteroatoms. The van der Waals surface area contributed by atoms with Crippen LogP contribution in [-0.2, 0) is 11.3 Å². The fourth-order valence-corrected chi connectivity index (χ4v) is 4.45. The van der Waals surface area contributed by atoms with Crippen LogP contribution in [0.25, 0.3) is 11.1 Å². The molecular weight excluding hydrogens is 514 g/mol. The number of rotatable bonds is 10. The van der Waals surface area contributed by atoms with Crippen LogP contribution in [0.4, 0.5) is 26.0 Å². The van der Waals surface area contributed by atoms with Gasteiger partial charge in [0.05, 0.1) is 11.9 Å². The summed E-state index contributed by atoms with van der Waals surface area (Å²) in [5.41, 5.74) is 9.38. The Kier molecular flexibility index (Phi) is 9.06. The zero-order valence-corrected chi connectivity index (χ0v) is 23.1. The van der Waals surface area contributed by atoms with Gasteiger partial charge in [0.15, 0.2) is 0 Å². The molecule has 0 atom stereocenters. The zero-order valence-electron chi connectivity index (χ0n) is 23.1. The Bertz CT molecular complexity index is 1340. The fourth-order valence-electron chi connectivity index (χ4n) is 4.45. The number of carbonyl (C=O) groups is 1. The summed E-state index contributed by atoms with van der Waals surface area (Å²) in [6.45, 7) is 2.88. The van der Waals surface area contributed by atoms with Crippen LogP contribution in [0.5, 0.6) is 0 Å². The third kappa shape index (κ3) is 7.57.